The number of para-hydroxylation sites is 5. The molecule has 0 N–H and O–H groups in total. The van der Waals surface area contributed by atoms with E-state index in [1.54, 1.807) is 0 Å². The van der Waals surface area contributed by atoms with Gasteiger partial charge in [0.15, 0.2) is 5.82 Å². The van der Waals surface area contributed by atoms with Crippen LogP contribution in [-0.2, 0) is 0 Å². The second kappa shape index (κ2) is 9.32. The Kier molecular flexibility index (Phi) is 5.02. The van der Waals surface area contributed by atoms with Crippen LogP contribution in [0.3, 0.4) is 0 Å². The predicted octanol–water partition coefficient (Wildman–Crippen LogP) is 11.1. The van der Waals surface area contributed by atoms with Crippen molar-refractivity contribution in [3.63, 3.8) is 0 Å². The monoisotopic (exact) mass is 616 g/mol. The Balaban J connectivity index is 1.38. The van der Waals surface area contributed by atoms with Gasteiger partial charge in [-0.15, -0.1) is 0 Å². The van der Waals surface area contributed by atoms with Crippen molar-refractivity contribution in [3.8, 4) is 22.8 Å². The number of hydrogen-bond donors (Lipinski definition) is 0. The van der Waals surface area contributed by atoms with Crippen LogP contribution in [0.25, 0.3) is 88.2 Å². The zero-order valence-corrected chi connectivity index (χ0v) is 25.9. The van der Waals surface area contributed by atoms with Gasteiger partial charge in [0.2, 0.25) is 0 Å². The summed E-state index contributed by atoms with van der Waals surface area (Å²) in [6, 6.07) is 52.0. The molecule has 10 aromatic rings. The van der Waals surface area contributed by atoms with E-state index in [4.69, 9.17) is 9.97 Å². The van der Waals surface area contributed by atoms with Crippen LogP contribution in [0.15, 0.2) is 155 Å². The Bertz CT molecular complexity index is 2950. The number of aromatic nitrogens is 4. The van der Waals surface area contributed by atoms with Crippen molar-refractivity contribution in [3.05, 3.63) is 146 Å². The van der Waals surface area contributed by atoms with Crippen LogP contribution in [0.1, 0.15) is 0 Å². The molecule has 0 amide bonds. The first-order chi connectivity index (χ1) is 23.3. The highest BCUT2D eigenvalue weighted by molar-refractivity contribution is 7.99. The Morgan fingerprint density at radius 3 is 2.04 bits per heavy atom. The molecule has 0 atom stereocenters. The summed E-state index contributed by atoms with van der Waals surface area (Å²) in [6.07, 6.45) is 0. The molecule has 0 bridgehead atoms. The van der Waals surface area contributed by atoms with E-state index in [-0.39, 0.29) is 0 Å². The quantitative estimate of drug-likeness (QED) is 0.181. The van der Waals surface area contributed by atoms with Gasteiger partial charge in [-0.25, -0.2) is 9.97 Å². The van der Waals surface area contributed by atoms with E-state index in [9.17, 15) is 0 Å². The Morgan fingerprint density at radius 1 is 0.489 bits per heavy atom. The summed E-state index contributed by atoms with van der Waals surface area (Å²) in [7, 11) is 0. The van der Waals surface area contributed by atoms with E-state index in [2.05, 4.69) is 143 Å². The fourth-order valence-corrected chi connectivity index (χ4v) is 8.81. The van der Waals surface area contributed by atoms with E-state index in [1.165, 1.54) is 53.3 Å². The minimum absolute atomic E-state index is 0.826. The third-order valence-electron chi connectivity index (χ3n) is 9.67. The highest BCUT2D eigenvalue weighted by atomic mass is 32.2. The summed E-state index contributed by atoms with van der Waals surface area (Å²) in [5.74, 6) is 0.826. The Morgan fingerprint density at radius 2 is 1.15 bits per heavy atom. The molecule has 47 heavy (non-hydrogen) atoms. The van der Waals surface area contributed by atoms with Gasteiger partial charge in [0, 0.05) is 31.5 Å². The number of nitrogens with zero attached hydrogens (tertiary/aromatic N) is 4. The third kappa shape index (κ3) is 3.38. The fraction of sp³-hybridized carbons (Fsp3) is 0. The van der Waals surface area contributed by atoms with Crippen LogP contribution in [0.4, 0.5) is 0 Å². The molecule has 11 rings (SSSR count). The Labute approximate surface area is 273 Å². The maximum atomic E-state index is 5.51. The van der Waals surface area contributed by atoms with Crippen molar-refractivity contribution in [1.29, 1.82) is 0 Å². The first-order valence-corrected chi connectivity index (χ1v) is 16.7. The number of hydrogen-bond acceptors (Lipinski definition) is 3. The lowest BCUT2D eigenvalue weighted by Crippen LogP contribution is -2.08. The third-order valence-corrected chi connectivity index (χ3v) is 10.8. The fourth-order valence-electron chi connectivity index (χ4n) is 7.72. The van der Waals surface area contributed by atoms with E-state index in [0.717, 1.165) is 44.7 Å². The van der Waals surface area contributed by atoms with Crippen LogP contribution < -0.4 is 0 Å². The van der Waals surface area contributed by atoms with E-state index >= 15 is 0 Å². The molecule has 7 aromatic carbocycles. The van der Waals surface area contributed by atoms with Crippen molar-refractivity contribution in [2.75, 3.05) is 0 Å². The summed E-state index contributed by atoms with van der Waals surface area (Å²) < 4.78 is 4.84. The predicted molar refractivity (Wildman–Crippen MR) is 195 cm³/mol. The van der Waals surface area contributed by atoms with Crippen LogP contribution >= 0.6 is 11.8 Å². The first-order valence-electron chi connectivity index (χ1n) is 15.9. The van der Waals surface area contributed by atoms with Gasteiger partial charge in [-0.3, -0.25) is 9.13 Å². The molecule has 0 spiro atoms. The van der Waals surface area contributed by atoms with Crippen molar-refractivity contribution >= 4 is 77.2 Å². The maximum absolute atomic E-state index is 5.51. The largest absolute Gasteiger partial charge is 0.293 e. The van der Waals surface area contributed by atoms with Crippen LogP contribution in [0.5, 0.6) is 0 Å². The number of fused-ring (bicyclic) bond motifs is 11. The van der Waals surface area contributed by atoms with Crippen LogP contribution in [0.2, 0.25) is 0 Å². The lowest BCUT2D eigenvalue weighted by atomic mass is 9.95. The summed E-state index contributed by atoms with van der Waals surface area (Å²) in [6.45, 7) is 0. The van der Waals surface area contributed by atoms with Crippen molar-refractivity contribution in [2.24, 2.45) is 0 Å². The van der Waals surface area contributed by atoms with E-state index in [0.29, 0.717) is 0 Å². The molecule has 4 nitrogen and oxygen atoms in total. The normalized spacial score (nSPS) is 12.6. The molecule has 1 aliphatic heterocycles. The van der Waals surface area contributed by atoms with Crippen molar-refractivity contribution < 1.29 is 0 Å². The van der Waals surface area contributed by atoms with Gasteiger partial charge in [-0.2, -0.15) is 0 Å². The van der Waals surface area contributed by atoms with Crippen molar-refractivity contribution in [2.45, 2.75) is 9.79 Å². The minimum atomic E-state index is 0.826. The first kappa shape index (κ1) is 25.3. The molecule has 1 aliphatic rings. The molecule has 0 aliphatic carbocycles. The van der Waals surface area contributed by atoms with Gasteiger partial charge in [0.25, 0.3) is 0 Å². The smallest absolute Gasteiger partial charge is 0.166 e. The minimum Gasteiger partial charge on any atom is -0.293 e. The van der Waals surface area contributed by atoms with Gasteiger partial charge in [0.05, 0.1) is 27.8 Å². The van der Waals surface area contributed by atoms with Gasteiger partial charge in [-0.1, -0.05) is 115 Å². The highest BCUT2D eigenvalue weighted by Crippen LogP contribution is 2.50. The summed E-state index contributed by atoms with van der Waals surface area (Å²) in [4.78, 5) is 13.5. The molecule has 0 saturated heterocycles. The lowest BCUT2D eigenvalue weighted by molar-refractivity contribution is 0.999. The zero-order valence-electron chi connectivity index (χ0n) is 25.1. The van der Waals surface area contributed by atoms with E-state index in [1.807, 2.05) is 23.9 Å². The van der Waals surface area contributed by atoms with Crippen LogP contribution in [-0.4, -0.2) is 19.1 Å². The highest BCUT2D eigenvalue weighted by Gasteiger charge is 2.29. The molecule has 3 aromatic heterocycles. The summed E-state index contributed by atoms with van der Waals surface area (Å²) in [5.41, 5.74) is 8.34. The molecule has 0 unspecified atom stereocenters. The molecular weight excluding hydrogens is 593 g/mol. The molecule has 5 heteroatoms. The topological polar surface area (TPSA) is 35.6 Å². The van der Waals surface area contributed by atoms with Crippen LogP contribution in [0, 0.1) is 0 Å². The molecule has 0 radical (unpaired) electrons. The molecule has 0 saturated carbocycles. The Hall–Kier alpha value is -5.91. The average molecular weight is 617 g/mol. The maximum Gasteiger partial charge on any atom is 0.166 e. The second-order valence-electron chi connectivity index (χ2n) is 12.2. The van der Waals surface area contributed by atoms with Gasteiger partial charge in [0.1, 0.15) is 11.3 Å². The molecule has 0 fully saturated rings. The average Bonchev–Trinajstić information content (AvgIpc) is 3.65. The van der Waals surface area contributed by atoms with Gasteiger partial charge >= 0.3 is 0 Å². The number of benzene rings is 7. The summed E-state index contributed by atoms with van der Waals surface area (Å²) in [5, 5.41) is 8.49. The lowest BCUT2D eigenvalue weighted by Gasteiger charge is -2.21. The van der Waals surface area contributed by atoms with Gasteiger partial charge < -0.3 is 0 Å². The van der Waals surface area contributed by atoms with E-state index < -0.39 is 0 Å². The SMILES string of the molecule is c1ccc2c(c1)Sc1cccc3c4c5ccccc5n(-c5nc6ccccc6nc5-c5cc6ccccc6c6ccccc56)c4n-2c13. The summed E-state index contributed by atoms with van der Waals surface area (Å²) >= 11 is 1.85. The number of rotatable bonds is 2. The second-order valence-corrected chi connectivity index (χ2v) is 13.3. The molecule has 4 heterocycles. The zero-order chi connectivity index (χ0) is 30.6. The molecule has 218 valence electrons. The van der Waals surface area contributed by atoms with Crippen molar-refractivity contribution in [1.82, 2.24) is 19.1 Å². The van der Waals surface area contributed by atoms with Gasteiger partial charge in [-0.05, 0) is 64.0 Å². The molecular formula is C42H24N4S. The standard InChI is InChI=1S/C42H24N4S/c1-2-13-26-25(12-1)24-31(28-15-4-3-14-27(26)28)39-41(44-33-19-7-6-18-32(33)43-39)46-34-20-8-5-16-29(34)38-30-17-11-23-37-40(30)45(42(38)46)35-21-9-10-22-36(35)47-37/h1-24H.